The van der Waals surface area contributed by atoms with Gasteiger partial charge >= 0.3 is 30.1 Å². The van der Waals surface area contributed by atoms with Gasteiger partial charge in [-0.15, -0.1) is 0 Å². The van der Waals surface area contributed by atoms with E-state index in [0.29, 0.717) is 32.1 Å². The fourth-order valence-corrected chi connectivity index (χ4v) is 12.4. The van der Waals surface area contributed by atoms with Crippen LogP contribution in [0.1, 0.15) is 193 Å². The molecule has 0 aliphatic heterocycles. The molecule has 0 rings (SSSR count). The van der Waals surface area contributed by atoms with Gasteiger partial charge in [-0.1, -0.05) is 0 Å². The van der Waals surface area contributed by atoms with Crippen molar-refractivity contribution in [2.45, 2.75) is 284 Å². The summed E-state index contributed by atoms with van der Waals surface area (Å²) < 4.78 is 31.7. The number of alkyl halides is 3. The third kappa shape index (κ3) is 58.4. The molecule has 0 radical (unpaired) electrons. The first-order chi connectivity index (χ1) is 64.1. The highest BCUT2D eigenvalue weighted by atomic mass is 19.4. The smallest absolute Gasteiger partial charge is 0.481 e. The molecule has 0 aliphatic rings. The Morgan fingerprint density at radius 1 is 0.294 bits per heavy atom. The molecule has 0 heterocycles. The van der Waals surface area contributed by atoms with Crippen LogP contribution in [0.15, 0.2) is 15.0 Å². The molecule has 0 aromatic carbocycles. The molecular weight excluding hydrogens is 1810 g/mol. The highest BCUT2D eigenvalue weighted by Crippen LogP contribution is 2.16. The number of guanidine groups is 3. The van der Waals surface area contributed by atoms with Gasteiger partial charge in [0, 0.05) is 32.5 Å². The van der Waals surface area contributed by atoms with Gasteiger partial charge in [-0.3, -0.25) is 96.5 Å². The van der Waals surface area contributed by atoms with Crippen molar-refractivity contribution in [2.75, 3.05) is 72.1 Å². The molecule has 0 unspecified atom stereocenters. The van der Waals surface area contributed by atoms with Crippen LogP contribution in [0, 0.1) is 0 Å². The van der Waals surface area contributed by atoms with E-state index >= 15 is 0 Å². The summed E-state index contributed by atoms with van der Waals surface area (Å²) in [7, 11) is 0. The summed E-state index contributed by atoms with van der Waals surface area (Å²) in [5, 5.41) is 81.2. The molecule has 58 heteroatoms. The van der Waals surface area contributed by atoms with Gasteiger partial charge in [0.1, 0.15) is 78.5 Å². The second-order valence-electron chi connectivity index (χ2n) is 31.3. The lowest BCUT2D eigenvalue weighted by Crippen LogP contribution is -2.61. The van der Waals surface area contributed by atoms with Gasteiger partial charge in [0.25, 0.3) is 0 Å². The number of aliphatic hydroxyl groups is 1. The lowest BCUT2D eigenvalue weighted by molar-refractivity contribution is -0.192. The number of nitrogens with zero attached hydrogens (tertiary/aromatic N) is 3. The zero-order valence-electron chi connectivity index (χ0n) is 76.4. The number of halogens is 3. The summed E-state index contributed by atoms with van der Waals surface area (Å²) in [6.45, 7) is -0.307. The van der Waals surface area contributed by atoms with Crippen LogP contribution in [0.2, 0.25) is 0 Å². The number of rotatable bonds is 74. The maximum Gasteiger partial charge on any atom is 0.490 e. The minimum Gasteiger partial charge on any atom is -0.481 e. The van der Waals surface area contributed by atoms with E-state index in [-0.39, 0.29) is 212 Å². The number of hydrogen-bond acceptors (Lipinski definition) is 30. The first kappa shape index (κ1) is 125. The topological polar surface area (TPSA) is 995 Å². The Bertz CT molecular complexity index is 3880. The molecule has 0 aromatic heterocycles. The summed E-state index contributed by atoms with van der Waals surface area (Å²) in [4.78, 5) is 266. The van der Waals surface area contributed by atoms with Gasteiger partial charge in [-0.05, 0) is 213 Å². The Hall–Kier alpha value is -12.8. The van der Waals surface area contributed by atoms with Crippen molar-refractivity contribution in [3.8, 4) is 0 Å². The fourth-order valence-electron chi connectivity index (χ4n) is 12.4. The molecule has 14 atom stereocenters. The number of amides is 15. The zero-order chi connectivity index (χ0) is 104. The maximum atomic E-state index is 14.8. The van der Waals surface area contributed by atoms with E-state index in [1.54, 1.807) is 0 Å². The van der Waals surface area contributed by atoms with Crippen molar-refractivity contribution in [3.05, 3.63) is 0 Å². The van der Waals surface area contributed by atoms with Gasteiger partial charge < -0.3 is 180 Å². The molecule has 47 N–H and O–H groups in total. The van der Waals surface area contributed by atoms with Crippen LogP contribution < -0.4 is 155 Å². The quantitative estimate of drug-likeness (QED) is 0.0153. The van der Waals surface area contributed by atoms with Gasteiger partial charge in [-0.2, -0.15) is 13.2 Å². The molecule has 776 valence electrons. The van der Waals surface area contributed by atoms with Crippen molar-refractivity contribution >= 4 is 130 Å². The third-order valence-corrected chi connectivity index (χ3v) is 19.7. The SMILES string of the molecule is C[C@H](N)C(=O)N[C@@H](CCC(N)=O)C(=O)N[C@@H](CCCCN)C(=O)N[C@@H](CCCCN)C(=O)N[C@@H](CC(=O)O)C(=O)NCC(=O)N[C@@H](CCCCN)C(=O)N[C@@H](CCCCN)C(=O)N[C@@H](CCCN=C(N)N)C(=O)N[C@@H](CCCCN)C(=O)N[C@@H](CCCN=C(N)N)C(=O)N[C@@H](CO)C(=O)N[C@@H](CCCN=C(N)N)C(=O)N[C@@H](CCCCN)C(=O)N[C@@H](CCC(=O)O)C(=O)O.O=C(O)C(F)(F)F. The first-order valence-electron chi connectivity index (χ1n) is 44.3. The van der Waals surface area contributed by atoms with Crippen LogP contribution in [0.5, 0.6) is 0 Å². The number of hydrogen-bond donors (Lipinski definition) is 33. The average molecular weight is 1960 g/mol. The number of aliphatic imine (C=N–C) groups is 3. The van der Waals surface area contributed by atoms with E-state index in [2.05, 4.69) is 89.4 Å². The average Bonchev–Trinajstić information content (AvgIpc) is 0.858. The van der Waals surface area contributed by atoms with Crippen LogP contribution in [-0.2, 0) is 91.1 Å². The Labute approximate surface area is 783 Å². The van der Waals surface area contributed by atoms with Crippen LogP contribution in [0.25, 0.3) is 0 Å². The molecule has 15 amide bonds. The van der Waals surface area contributed by atoms with E-state index in [9.17, 15) is 120 Å². The second kappa shape index (κ2) is 71.7. The lowest BCUT2D eigenvalue weighted by Gasteiger charge is -2.28. The van der Waals surface area contributed by atoms with Gasteiger partial charge in [-0.25, -0.2) is 9.59 Å². The van der Waals surface area contributed by atoms with Crippen LogP contribution in [-0.4, -0.2) is 319 Å². The lowest BCUT2D eigenvalue weighted by atomic mass is 10.0. The van der Waals surface area contributed by atoms with Gasteiger partial charge in [0.2, 0.25) is 88.6 Å². The first-order valence-corrected chi connectivity index (χ1v) is 44.3. The minimum atomic E-state index is -5.08. The number of carboxylic acids is 4. The second-order valence-corrected chi connectivity index (χ2v) is 31.3. The number of primary amides is 1. The minimum absolute atomic E-state index is 0.0152. The number of aliphatic carboxylic acids is 4. The molecule has 0 aliphatic carbocycles. The van der Waals surface area contributed by atoms with E-state index in [1.165, 1.54) is 6.92 Å². The molecular formula is C78H144F3N31O24. The predicted molar refractivity (Wildman–Crippen MR) is 485 cm³/mol. The Kier molecular flexibility index (Phi) is 66.1. The van der Waals surface area contributed by atoms with Crippen LogP contribution in [0.3, 0.4) is 0 Å². The van der Waals surface area contributed by atoms with E-state index in [1.807, 2.05) is 0 Å². The number of unbranched alkanes of at least 4 members (excludes halogenated alkanes) is 6. The van der Waals surface area contributed by atoms with Crippen molar-refractivity contribution in [3.63, 3.8) is 0 Å². The Balaban J connectivity index is 0. The third-order valence-electron chi connectivity index (χ3n) is 19.7. The largest absolute Gasteiger partial charge is 0.490 e. The number of carboxylic acid groups (broad SMARTS) is 4. The molecule has 0 saturated heterocycles. The van der Waals surface area contributed by atoms with E-state index in [4.69, 9.17) is 90.2 Å². The van der Waals surface area contributed by atoms with Crippen LogP contribution in [0.4, 0.5) is 13.2 Å². The summed E-state index contributed by atoms with van der Waals surface area (Å²) in [6, 6.07) is -21.9. The fraction of sp³-hybridized carbons (Fsp3) is 0.718. The number of nitrogens with two attached hydrogens (primary N) is 14. The summed E-state index contributed by atoms with van der Waals surface area (Å²) in [6.07, 6.45) is -6.58. The molecule has 55 nitrogen and oxygen atoms in total. The highest BCUT2D eigenvalue weighted by Gasteiger charge is 2.40. The maximum absolute atomic E-state index is 14.8. The summed E-state index contributed by atoms with van der Waals surface area (Å²) in [5.41, 5.74) is 79.0. The van der Waals surface area contributed by atoms with Crippen molar-refractivity contribution in [2.24, 2.45) is 95.2 Å². The number of carbonyl (C=O) groups is 19. The number of nitrogens with one attached hydrogen (secondary N) is 14. The normalized spacial score (nSPS) is 14.1. The molecule has 0 saturated carbocycles. The molecule has 0 aromatic rings. The van der Waals surface area contributed by atoms with Crippen LogP contribution >= 0.6 is 0 Å². The molecule has 0 spiro atoms. The van der Waals surface area contributed by atoms with Crippen molar-refractivity contribution in [1.82, 2.24) is 74.4 Å². The predicted octanol–water partition coefficient (Wildman–Crippen LogP) is -12.0. The Morgan fingerprint density at radius 2 is 0.522 bits per heavy atom. The van der Waals surface area contributed by atoms with E-state index in [0.717, 1.165) is 0 Å². The summed E-state index contributed by atoms with van der Waals surface area (Å²) in [5.74, 6) is -23.5. The zero-order valence-corrected chi connectivity index (χ0v) is 76.4. The van der Waals surface area contributed by atoms with Crippen molar-refractivity contribution < 1.29 is 130 Å². The molecule has 136 heavy (non-hydrogen) atoms. The highest BCUT2D eigenvalue weighted by molar-refractivity contribution is 6.01. The molecule has 0 fully saturated rings. The van der Waals surface area contributed by atoms with Gasteiger partial charge in [0.15, 0.2) is 17.9 Å². The Morgan fingerprint density at radius 3 is 0.750 bits per heavy atom. The van der Waals surface area contributed by atoms with Crippen molar-refractivity contribution in [1.29, 1.82) is 0 Å². The number of aliphatic hydroxyl groups excluding tert-OH is 1. The molecule has 0 bridgehead atoms. The summed E-state index contributed by atoms with van der Waals surface area (Å²) >= 11 is 0. The standard InChI is InChI=1S/C76H143N31O22.C2HF3O2/c1-42(83)60(115)96-52(26-28-56(84)109)71(126)101-46(20-5-11-33-80)63(118)100-48(22-7-13-35-82)69(124)106-54(39-59(113)114)61(116)94-40-57(110)95-43(17-2-8-30-77)62(117)97-44(18-3-9-31-78)64(119)102-49(23-14-36-91-74(85)86)66(121)98-45(19-4-10-32-79)65(120)103-51(25-16-38-93-76(89)90)70(125)107-55(41-108)72(127)104-50(24-15-37-92-75(87)88)67(122)99-47(21-6-12-34-81)68(123)105-53(73(128)129)27-29-58(111)112;3-2(4,5)1(6)7/h42-55,108H,2-41,77-83H2,1H3,(H2,84,109)(H,94,116)(H,95,110)(H,96,115)(H,97,117)(H,98,121)(H,99,122)(H,100,118)(H,101,126)(H,102,119)(H,103,120)(H,104,127)(H,105,123)(H,106,124)(H,107,125)(H,111,112)(H,113,114)(H,128,129)(H4,85,86,91)(H4,87,88,92)(H4,89,90,93);(H,6,7)/t42-,43-,44-,45-,46-,47-,48-,49-,50-,51-,52-,53-,54-,55-;/m0./s1. The van der Waals surface area contributed by atoms with E-state index < -0.39 is 236 Å². The number of carbonyl (C=O) groups excluding carboxylic acids is 15. The van der Waals surface area contributed by atoms with Gasteiger partial charge in [0.05, 0.1) is 25.6 Å². The monoisotopic (exact) mass is 1960 g/mol.